The molecule has 2 unspecified atom stereocenters. The van der Waals surface area contributed by atoms with Crippen molar-refractivity contribution in [2.75, 3.05) is 6.61 Å². The average molecular weight is 269 g/mol. The SMILES string of the molecule is CCOC(=O)CC(N)C1CCc2cc(F)c(F)cc21. The maximum Gasteiger partial charge on any atom is 0.307 e. The lowest BCUT2D eigenvalue weighted by atomic mass is 9.91. The zero-order valence-electron chi connectivity index (χ0n) is 10.8. The number of carbonyl (C=O) groups excluding carboxylic acids is 1. The number of carbonyl (C=O) groups is 1. The predicted molar refractivity (Wildman–Crippen MR) is 66.6 cm³/mol. The normalized spacial score (nSPS) is 19.1. The maximum absolute atomic E-state index is 13.3. The molecule has 0 fully saturated rings. The Balaban J connectivity index is 2.13. The van der Waals surface area contributed by atoms with Gasteiger partial charge >= 0.3 is 5.97 Å². The third-order valence-corrected chi connectivity index (χ3v) is 3.53. The first-order chi connectivity index (χ1) is 9.02. The Morgan fingerprint density at radius 3 is 2.84 bits per heavy atom. The van der Waals surface area contributed by atoms with Crippen LogP contribution in [0.1, 0.15) is 36.8 Å². The van der Waals surface area contributed by atoms with Gasteiger partial charge in [-0.15, -0.1) is 0 Å². The molecule has 2 rings (SSSR count). The van der Waals surface area contributed by atoms with Crippen LogP contribution in [0.5, 0.6) is 0 Å². The van der Waals surface area contributed by atoms with Gasteiger partial charge in [-0.3, -0.25) is 4.79 Å². The van der Waals surface area contributed by atoms with Gasteiger partial charge in [-0.25, -0.2) is 8.78 Å². The highest BCUT2D eigenvalue weighted by Crippen LogP contribution is 2.36. The van der Waals surface area contributed by atoms with Crippen LogP contribution in [0.3, 0.4) is 0 Å². The summed E-state index contributed by atoms with van der Waals surface area (Å²) >= 11 is 0. The summed E-state index contributed by atoms with van der Waals surface area (Å²) in [5, 5.41) is 0. The first-order valence-electron chi connectivity index (χ1n) is 6.42. The zero-order valence-corrected chi connectivity index (χ0v) is 10.8. The van der Waals surface area contributed by atoms with Crippen molar-refractivity contribution in [3.05, 3.63) is 34.9 Å². The van der Waals surface area contributed by atoms with Gasteiger partial charge in [0.1, 0.15) is 0 Å². The minimum atomic E-state index is -0.867. The quantitative estimate of drug-likeness (QED) is 0.853. The van der Waals surface area contributed by atoms with Gasteiger partial charge in [-0.1, -0.05) is 0 Å². The molecule has 2 N–H and O–H groups in total. The van der Waals surface area contributed by atoms with Crippen molar-refractivity contribution in [2.45, 2.75) is 38.1 Å². The van der Waals surface area contributed by atoms with Crippen LogP contribution in [0.15, 0.2) is 12.1 Å². The molecule has 0 spiro atoms. The largest absolute Gasteiger partial charge is 0.466 e. The Bertz CT molecular complexity index is 491. The van der Waals surface area contributed by atoms with Gasteiger partial charge < -0.3 is 10.5 Å². The predicted octanol–water partition coefficient (Wildman–Crippen LogP) is 2.28. The van der Waals surface area contributed by atoms with E-state index in [1.165, 1.54) is 12.1 Å². The number of ether oxygens (including phenoxy) is 1. The number of halogens is 2. The Morgan fingerprint density at radius 1 is 1.47 bits per heavy atom. The first-order valence-corrected chi connectivity index (χ1v) is 6.42. The van der Waals surface area contributed by atoms with Gasteiger partial charge in [0.15, 0.2) is 11.6 Å². The summed E-state index contributed by atoms with van der Waals surface area (Å²) in [5.74, 6) is -2.17. The molecule has 0 amide bonds. The van der Waals surface area contributed by atoms with Gasteiger partial charge in [-0.05, 0) is 43.0 Å². The summed E-state index contributed by atoms with van der Waals surface area (Å²) in [5.41, 5.74) is 7.50. The van der Waals surface area contributed by atoms with E-state index >= 15 is 0 Å². The van der Waals surface area contributed by atoms with Crippen LogP contribution in [0, 0.1) is 11.6 Å². The topological polar surface area (TPSA) is 52.3 Å². The summed E-state index contributed by atoms with van der Waals surface area (Å²) in [6.45, 7) is 2.04. The molecule has 1 aliphatic carbocycles. The minimum absolute atomic E-state index is 0.0942. The molecule has 5 heteroatoms. The Hall–Kier alpha value is -1.49. The van der Waals surface area contributed by atoms with E-state index in [-0.39, 0.29) is 18.3 Å². The van der Waals surface area contributed by atoms with E-state index < -0.39 is 17.7 Å². The van der Waals surface area contributed by atoms with Crippen molar-refractivity contribution >= 4 is 5.97 Å². The lowest BCUT2D eigenvalue weighted by Crippen LogP contribution is -2.30. The van der Waals surface area contributed by atoms with Crippen molar-refractivity contribution in [2.24, 2.45) is 5.73 Å². The smallest absolute Gasteiger partial charge is 0.307 e. The number of nitrogens with two attached hydrogens (primary N) is 1. The van der Waals surface area contributed by atoms with E-state index in [0.29, 0.717) is 19.4 Å². The highest BCUT2D eigenvalue weighted by Gasteiger charge is 2.30. The number of rotatable bonds is 4. The Kier molecular flexibility index (Phi) is 4.14. The summed E-state index contributed by atoms with van der Waals surface area (Å²) in [4.78, 5) is 11.4. The molecule has 1 aromatic rings. The molecular formula is C14H17F2NO2. The van der Waals surface area contributed by atoms with Gasteiger partial charge in [-0.2, -0.15) is 0 Å². The number of esters is 1. The molecule has 0 aliphatic heterocycles. The van der Waals surface area contributed by atoms with Crippen LogP contribution in [-0.2, 0) is 16.0 Å². The first kappa shape index (κ1) is 13.9. The van der Waals surface area contributed by atoms with Gasteiger partial charge in [0.05, 0.1) is 13.0 Å². The van der Waals surface area contributed by atoms with Crippen molar-refractivity contribution in [3.8, 4) is 0 Å². The number of aryl methyl sites for hydroxylation is 1. The fourth-order valence-corrected chi connectivity index (χ4v) is 2.63. The molecule has 0 saturated heterocycles. The molecule has 0 radical (unpaired) electrons. The van der Waals surface area contributed by atoms with Gasteiger partial charge in [0.25, 0.3) is 0 Å². The van der Waals surface area contributed by atoms with E-state index in [1.54, 1.807) is 6.92 Å². The molecular weight excluding hydrogens is 252 g/mol. The van der Waals surface area contributed by atoms with Crippen LogP contribution in [0.25, 0.3) is 0 Å². The second-order valence-electron chi connectivity index (χ2n) is 4.78. The summed E-state index contributed by atoms with van der Waals surface area (Å²) in [6.07, 6.45) is 1.46. The molecule has 2 atom stereocenters. The van der Waals surface area contributed by atoms with Crippen LogP contribution in [-0.4, -0.2) is 18.6 Å². The second-order valence-corrected chi connectivity index (χ2v) is 4.78. The fourth-order valence-electron chi connectivity index (χ4n) is 2.63. The number of fused-ring (bicyclic) bond motifs is 1. The van der Waals surface area contributed by atoms with E-state index in [1.807, 2.05) is 0 Å². The third kappa shape index (κ3) is 2.92. The van der Waals surface area contributed by atoms with E-state index in [4.69, 9.17) is 10.5 Å². The lowest BCUT2D eigenvalue weighted by molar-refractivity contribution is -0.143. The molecule has 1 aromatic carbocycles. The van der Waals surface area contributed by atoms with Crippen LogP contribution < -0.4 is 5.73 Å². The zero-order chi connectivity index (χ0) is 14.0. The highest BCUT2D eigenvalue weighted by molar-refractivity contribution is 5.70. The van der Waals surface area contributed by atoms with E-state index in [9.17, 15) is 13.6 Å². The summed E-state index contributed by atoms with van der Waals surface area (Å²) in [7, 11) is 0. The summed E-state index contributed by atoms with van der Waals surface area (Å²) in [6, 6.07) is 2.00. The number of benzene rings is 1. The average Bonchev–Trinajstić information content (AvgIpc) is 2.73. The van der Waals surface area contributed by atoms with E-state index in [0.717, 1.165) is 11.1 Å². The molecule has 0 aromatic heterocycles. The van der Waals surface area contributed by atoms with Crippen LogP contribution >= 0.6 is 0 Å². The van der Waals surface area contributed by atoms with Gasteiger partial charge in [0, 0.05) is 12.0 Å². The third-order valence-electron chi connectivity index (χ3n) is 3.53. The summed E-state index contributed by atoms with van der Waals surface area (Å²) < 4.78 is 31.3. The van der Waals surface area contributed by atoms with E-state index in [2.05, 4.69) is 0 Å². The van der Waals surface area contributed by atoms with Crippen molar-refractivity contribution in [1.29, 1.82) is 0 Å². The molecule has 19 heavy (non-hydrogen) atoms. The number of hydrogen-bond donors (Lipinski definition) is 1. The second kappa shape index (κ2) is 5.65. The molecule has 104 valence electrons. The monoisotopic (exact) mass is 269 g/mol. The van der Waals surface area contributed by atoms with Crippen molar-refractivity contribution in [1.82, 2.24) is 0 Å². The van der Waals surface area contributed by atoms with Crippen molar-refractivity contribution < 1.29 is 18.3 Å². The molecule has 0 bridgehead atoms. The number of hydrogen-bond acceptors (Lipinski definition) is 3. The lowest BCUT2D eigenvalue weighted by Gasteiger charge is -2.19. The molecule has 3 nitrogen and oxygen atoms in total. The van der Waals surface area contributed by atoms with Crippen LogP contribution in [0.4, 0.5) is 8.78 Å². The van der Waals surface area contributed by atoms with Gasteiger partial charge in [0.2, 0.25) is 0 Å². The minimum Gasteiger partial charge on any atom is -0.466 e. The fraction of sp³-hybridized carbons (Fsp3) is 0.500. The maximum atomic E-state index is 13.3. The molecule has 0 saturated carbocycles. The van der Waals surface area contributed by atoms with Crippen molar-refractivity contribution in [3.63, 3.8) is 0 Å². The van der Waals surface area contributed by atoms with Crippen LogP contribution in [0.2, 0.25) is 0 Å². The standard InChI is InChI=1S/C14H17F2NO2/c1-2-19-14(18)7-13(17)9-4-3-8-5-11(15)12(16)6-10(8)9/h5-6,9,13H,2-4,7,17H2,1H3. The Morgan fingerprint density at radius 2 is 2.16 bits per heavy atom. The highest BCUT2D eigenvalue weighted by atomic mass is 19.2. The molecule has 0 heterocycles. The molecule has 1 aliphatic rings. The Labute approximate surface area is 110 Å².